The van der Waals surface area contributed by atoms with Crippen LogP contribution in [0, 0.1) is 34.0 Å². The van der Waals surface area contributed by atoms with Crippen LogP contribution in [-0.2, 0) is 16.0 Å². The molecule has 1 aromatic carbocycles. The van der Waals surface area contributed by atoms with Crippen molar-refractivity contribution in [2.24, 2.45) is 11.3 Å². The predicted molar refractivity (Wildman–Crippen MR) is 103 cm³/mol. The zero-order valence-electron chi connectivity index (χ0n) is 15.4. The van der Waals surface area contributed by atoms with Crippen molar-refractivity contribution in [3.05, 3.63) is 40.4 Å². The summed E-state index contributed by atoms with van der Waals surface area (Å²) in [5.74, 6) is -1.34. The Kier molecular flexibility index (Phi) is 4.99. The second kappa shape index (κ2) is 7.09. The fraction of sp³-hybridized carbons (Fsp3) is 0.400. The van der Waals surface area contributed by atoms with Gasteiger partial charge in [-0.3, -0.25) is 9.59 Å². The second-order valence-electron chi connectivity index (χ2n) is 7.32. The van der Waals surface area contributed by atoms with Crippen LogP contribution in [-0.4, -0.2) is 23.6 Å². The molecule has 6 nitrogen and oxygen atoms in total. The number of carbonyl (C=O) groups is 2. The lowest BCUT2D eigenvalue weighted by atomic mass is 9.72. The van der Waals surface area contributed by atoms with Crippen molar-refractivity contribution < 1.29 is 9.59 Å². The van der Waals surface area contributed by atoms with Crippen molar-refractivity contribution in [3.8, 4) is 12.1 Å². The monoisotopic (exact) mass is 380 g/mol. The van der Waals surface area contributed by atoms with Crippen LogP contribution in [0.4, 0.5) is 5.69 Å². The molecule has 7 heteroatoms. The fourth-order valence-corrected chi connectivity index (χ4v) is 4.72. The molecule has 1 N–H and O–H groups in total. The molecule has 0 bridgehead atoms. The molecule has 2 aliphatic rings. The van der Waals surface area contributed by atoms with Crippen molar-refractivity contribution >= 4 is 29.3 Å². The Bertz CT molecular complexity index is 923. The highest BCUT2D eigenvalue weighted by atomic mass is 32.2. The lowest BCUT2D eigenvalue weighted by molar-refractivity contribution is -0.125. The van der Waals surface area contributed by atoms with Crippen LogP contribution in [0.5, 0.6) is 0 Å². The maximum Gasteiger partial charge on any atom is 0.243 e. The molecular formula is C20H20N4O2S. The molecule has 2 heterocycles. The van der Waals surface area contributed by atoms with Crippen LogP contribution in [0.1, 0.15) is 26.3 Å². The van der Waals surface area contributed by atoms with E-state index in [2.05, 4.69) is 11.4 Å². The van der Waals surface area contributed by atoms with E-state index in [4.69, 9.17) is 0 Å². The molecule has 0 saturated carbocycles. The number of fused-ring (bicyclic) bond motifs is 1. The van der Waals surface area contributed by atoms with Crippen LogP contribution in [0.15, 0.2) is 34.9 Å². The summed E-state index contributed by atoms with van der Waals surface area (Å²) in [7, 11) is 0. The Morgan fingerprint density at radius 3 is 2.74 bits per heavy atom. The predicted octanol–water partition coefficient (Wildman–Crippen LogP) is 2.73. The van der Waals surface area contributed by atoms with Gasteiger partial charge in [-0.05, 0) is 25.0 Å². The van der Waals surface area contributed by atoms with Gasteiger partial charge in [0.15, 0.2) is 0 Å². The van der Waals surface area contributed by atoms with Gasteiger partial charge in [-0.2, -0.15) is 10.5 Å². The zero-order chi connectivity index (χ0) is 19.8. The average Bonchev–Trinajstić information content (AvgIpc) is 2.95. The Morgan fingerprint density at radius 2 is 2.07 bits per heavy atom. The first-order valence-electron chi connectivity index (χ1n) is 8.69. The summed E-state index contributed by atoms with van der Waals surface area (Å²) in [5.41, 5.74) is 1.50. The maximum atomic E-state index is 12.9. The minimum absolute atomic E-state index is 0.0697. The number of hydrogen-bond donors (Lipinski definition) is 1. The van der Waals surface area contributed by atoms with E-state index in [1.54, 1.807) is 18.7 Å². The standard InChI is InChI=1S/C20H20N4O2S/c1-12-8-13-6-4-5-7-16(13)24(12)17(25)11-27-19-15(10-22)20(2,3)14(9-21)18(26)23-19/h4-7,12,14H,8,11H2,1-3H3,(H,23,26)/t12-,14+/m0/s1. The summed E-state index contributed by atoms with van der Waals surface area (Å²) in [6.45, 7) is 5.42. The first kappa shape index (κ1) is 19.0. The molecule has 0 spiro atoms. The lowest BCUT2D eigenvalue weighted by Crippen LogP contribution is -2.45. The molecule has 2 atom stereocenters. The van der Waals surface area contributed by atoms with E-state index in [1.165, 1.54) is 0 Å². The molecule has 27 heavy (non-hydrogen) atoms. The van der Waals surface area contributed by atoms with E-state index >= 15 is 0 Å². The molecular weight excluding hydrogens is 360 g/mol. The molecule has 1 aromatic rings. The van der Waals surface area contributed by atoms with Gasteiger partial charge < -0.3 is 10.2 Å². The highest BCUT2D eigenvalue weighted by molar-refractivity contribution is 8.03. The van der Waals surface area contributed by atoms with Gasteiger partial charge >= 0.3 is 0 Å². The van der Waals surface area contributed by atoms with E-state index in [-0.39, 0.29) is 17.7 Å². The lowest BCUT2D eigenvalue weighted by Gasteiger charge is -2.34. The summed E-state index contributed by atoms with van der Waals surface area (Å²) >= 11 is 1.14. The van der Waals surface area contributed by atoms with E-state index in [0.717, 1.165) is 29.4 Å². The van der Waals surface area contributed by atoms with Crippen LogP contribution in [0.2, 0.25) is 0 Å². The normalized spacial score (nSPS) is 23.3. The average molecular weight is 380 g/mol. The molecule has 2 aliphatic heterocycles. The molecule has 0 fully saturated rings. The smallest absolute Gasteiger partial charge is 0.243 e. The van der Waals surface area contributed by atoms with Gasteiger partial charge in [-0.15, -0.1) is 0 Å². The zero-order valence-corrected chi connectivity index (χ0v) is 16.3. The van der Waals surface area contributed by atoms with Crippen molar-refractivity contribution in [1.82, 2.24) is 5.32 Å². The number of nitrogens with zero attached hydrogens (tertiary/aromatic N) is 3. The van der Waals surface area contributed by atoms with Crippen molar-refractivity contribution in [1.29, 1.82) is 10.5 Å². The number of benzene rings is 1. The Balaban J connectivity index is 1.81. The van der Waals surface area contributed by atoms with Crippen molar-refractivity contribution in [2.45, 2.75) is 33.2 Å². The largest absolute Gasteiger partial charge is 0.319 e. The summed E-state index contributed by atoms with van der Waals surface area (Å²) in [6.07, 6.45) is 0.812. The highest BCUT2D eigenvalue weighted by Gasteiger charge is 2.45. The van der Waals surface area contributed by atoms with Crippen molar-refractivity contribution in [2.75, 3.05) is 10.7 Å². The fourth-order valence-electron chi connectivity index (χ4n) is 3.68. The molecule has 138 valence electrons. The van der Waals surface area contributed by atoms with Gasteiger partial charge in [0, 0.05) is 17.1 Å². The molecule has 2 amide bonds. The Morgan fingerprint density at radius 1 is 1.37 bits per heavy atom. The molecule has 0 unspecified atom stereocenters. The first-order chi connectivity index (χ1) is 12.8. The number of anilines is 1. The van der Waals surface area contributed by atoms with Gasteiger partial charge in [-0.25, -0.2) is 0 Å². The summed E-state index contributed by atoms with van der Waals surface area (Å²) in [4.78, 5) is 26.9. The van der Waals surface area contributed by atoms with Gasteiger partial charge in [0.1, 0.15) is 5.92 Å². The van der Waals surface area contributed by atoms with Crippen LogP contribution < -0.4 is 10.2 Å². The molecule has 0 aromatic heterocycles. The summed E-state index contributed by atoms with van der Waals surface area (Å²) < 4.78 is 0. The van der Waals surface area contributed by atoms with E-state index in [1.807, 2.05) is 37.3 Å². The van der Waals surface area contributed by atoms with Crippen LogP contribution in [0.3, 0.4) is 0 Å². The van der Waals surface area contributed by atoms with E-state index < -0.39 is 17.2 Å². The molecule has 3 rings (SSSR count). The number of amides is 2. The Labute approximate surface area is 162 Å². The molecule has 0 saturated heterocycles. The number of carbonyl (C=O) groups excluding carboxylic acids is 2. The van der Waals surface area contributed by atoms with Gasteiger partial charge in [0.05, 0.1) is 28.5 Å². The number of para-hydroxylation sites is 1. The van der Waals surface area contributed by atoms with E-state index in [9.17, 15) is 20.1 Å². The second-order valence-corrected chi connectivity index (χ2v) is 8.31. The summed E-state index contributed by atoms with van der Waals surface area (Å²) in [5, 5.41) is 21.8. The SMILES string of the molecule is C[C@H]1Cc2ccccc2N1C(=O)CSC1=C(C#N)C(C)(C)[C@H](C#N)C(=O)N1. The minimum atomic E-state index is -0.933. The highest BCUT2D eigenvalue weighted by Crippen LogP contribution is 2.42. The number of nitriles is 2. The van der Waals surface area contributed by atoms with Gasteiger partial charge in [-0.1, -0.05) is 43.8 Å². The number of hydrogen-bond acceptors (Lipinski definition) is 5. The van der Waals surface area contributed by atoms with Crippen molar-refractivity contribution in [3.63, 3.8) is 0 Å². The van der Waals surface area contributed by atoms with E-state index in [0.29, 0.717) is 10.6 Å². The third-order valence-electron chi connectivity index (χ3n) is 5.15. The third kappa shape index (κ3) is 3.20. The van der Waals surface area contributed by atoms with Crippen LogP contribution >= 0.6 is 11.8 Å². The number of rotatable bonds is 3. The molecule has 0 aliphatic carbocycles. The quantitative estimate of drug-likeness (QED) is 0.870. The third-order valence-corrected chi connectivity index (χ3v) is 6.13. The number of nitrogens with one attached hydrogen (secondary N) is 1. The Hall–Kier alpha value is -2.77. The topological polar surface area (TPSA) is 97.0 Å². The van der Waals surface area contributed by atoms with Gasteiger partial charge in [0.2, 0.25) is 11.8 Å². The maximum absolute atomic E-state index is 12.9. The van der Waals surface area contributed by atoms with Gasteiger partial charge in [0.25, 0.3) is 0 Å². The number of thioether (sulfide) groups is 1. The first-order valence-corrected chi connectivity index (χ1v) is 9.68. The molecule has 0 radical (unpaired) electrons. The summed E-state index contributed by atoms with van der Waals surface area (Å²) in [6, 6.07) is 12.0. The minimum Gasteiger partial charge on any atom is -0.319 e. The van der Waals surface area contributed by atoms with Crippen LogP contribution in [0.25, 0.3) is 0 Å². The number of allylic oxidation sites excluding steroid dienone is 1.